The molecular formula is C70H50O15. The smallest absolute Gasteiger partial charge is 0.143 e. The molecule has 6 atom stereocenters. The van der Waals surface area contributed by atoms with Gasteiger partial charge in [0.15, 0.2) is 0 Å². The van der Waals surface area contributed by atoms with Gasteiger partial charge in [0, 0.05) is 80.9 Å². The Balaban J connectivity index is 1.03. The summed E-state index contributed by atoms with van der Waals surface area (Å²) in [5, 5.41) is 134. The van der Waals surface area contributed by atoms with Gasteiger partial charge in [0.1, 0.15) is 104 Å². The summed E-state index contributed by atoms with van der Waals surface area (Å²) in [6.07, 6.45) is 2.05. The molecule has 0 saturated carbocycles. The van der Waals surface area contributed by atoms with Gasteiger partial charge in [-0.25, -0.2) is 0 Å². The van der Waals surface area contributed by atoms with Crippen LogP contribution in [0.2, 0.25) is 0 Å². The molecule has 14 rings (SSSR count). The van der Waals surface area contributed by atoms with Gasteiger partial charge in [-0.15, -0.1) is 0 Å². The van der Waals surface area contributed by atoms with E-state index in [0.29, 0.717) is 106 Å². The van der Waals surface area contributed by atoms with Crippen LogP contribution in [0, 0.1) is 0 Å². The first kappa shape index (κ1) is 51.8. The minimum Gasteiger partial charge on any atom is -0.508 e. The van der Waals surface area contributed by atoms with E-state index in [9.17, 15) is 61.3 Å². The van der Waals surface area contributed by atoms with Crippen LogP contribution in [0.5, 0.6) is 80.5 Å². The first-order valence-corrected chi connectivity index (χ1v) is 27.1. The van der Waals surface area contributed by atoms with E-state index in [4.69, 9.17) is 13.9 Å². The van der Waals surface area contributed by atoms with Crippen molar-refractivity contribution >= 4 is 23.1 Å². The van der Waals surface area contributed by atoms with E-state index in [-0.39, 0.29) is 74.8 Å². The third-order valence-corrected chi connectivity index (χ3v) is 16.5. The van der Waals surface area contributed by atoms with Crippen molar-refractivity contribution in [1.29, 1.82) is 0 Å². The molecule has 1 aliphatic carbocycles. The van der Waals surface area contributed by atoms with Crippen molar-refractivity contribution in [3.63, 3.8) is 0 Å². The Hall–Kier alpha value is -11.3. The van der Waals surface area contributed by atoms with Crippen LogP contribution < -0.4 is 9.47 Å². The highest BCUT2D eigenvalue weighted by Gasteiger charge is 2.49. The lowest BCUT2D eigenvalue weighted by molar-refractivity contribution is 0.221. The Labute approximate surface area is 483 Å². The van der Waals surface area contributed by atoms with E-state index in [1.165, 1.54) is 97.1 Å². The second kappa shape index (κ2) is 19.7. The average Bonchev–Trinajstić information content (AvgIpc) is 1.78. The van der Waals surface area contributed by atoms with Gasteiger partial charge in [-0.1, -0.05) is 66.7 Å². The molecule has 0 amide bonds. The molecule has 0 radical (unpaired) electrons. The molecule has 85 heavy (non-hydrogen) atoms. The molecular weight excluding hydrogens is 1080 g/mol. The summed E-state index contributed by atoms with van der Waals surface area (Å²) >= 11 is 0. The first-order chi connectivity index (χ1) is 41.0. The predicted molar refractivity (Wildman–Crippen MR) is 315 cm³/mol. The van der Waals surface area contributed by atoms with Gasteiger partial charge in [0.25, 0.3) is 0 Å². The van der Waals surface area contributed by atoms with Crippen LogP contribution in [0.3, 0.4) is 0 Å². The molecule has 0 fully saturated rings. The Bertz CT molecular complexity index is 4490. The monoisotopic (exact) mass is 1130 g/mol. The summed E-state index contributed by atoms with van der Waals surface area (Å²) in [4.78, 5) is 0. The summed E-state index contributed by atoms with van der Waals surface area (Å²) in [5.41, 5.74) is 7.96. The molecule has 6 unspecified atom stereocenters. The zero-order valence-electron chi connectivity index (χ0n) is 44.5. The maximum Gasteiger partial charge on any atom is 0.143 e. The Kier molecular flexibility index (Phi) is 12.0. The van der Waals surface area contributed by atoms with Gasteiger partial charge in [0.2, 0.25) is 0 Å². The van der Waals surface area contributed by atoms with Gasteiger partial charge in [-0.3, -0.25) is 0 Å². The molecule has 12 N–H and O–H groups in total. The Morgan fingerprint density at radius 1 is 0.318 bits per heavy atom. The fourth-order valence-corrected chi connectivity index (χ4v) is 13.1. The standard InChI is InChI=1S/C70H50O15/c71-40-11-3-34(4-12-40)59-62(52-29-49(80)31-56-66(52)67(53-28-48(79)30-55(82)63(53)59)69(83-56)37-9-17-43(74)18-10-37)51-21-33(2-20-54(51)81)1-19-50-64-57(85-70(39-24-46(77)27-47(78)25-39)60(64)35-5-13-41(72)14-6-35)32-58-65(50)61(38-22-44(75)26-45(76)23-38)68(84-58)36-7-15-42(73)16-8-36/h1-32,59,61-62,67-69,71-82H. The zero-order valence-corrected chi connectivity index (χ0v) is 44.5. The van der Waals surface area contributed by atoms with E-state index in [1.807, 2.05) is 12.2 Å². The van der Waals surface area contributed by atoms with Crippen molar-refractivity contribution in [2.75, 3.05) is 0 Å². The molecule has 1 aromatic heterocycles. The van der Waals surface area contributed by atoms with Crippen LogP contribution in [0.15, 0.2) is 186 Å². The van der Waals surface area contributed by atoms with Crippen molar-refractivity contribution < 1.29 is 75.2 Å². The number of phenolic OH excluding ortho intramolecular Hbond substituents is 12. The van der Waals surface area contributed by atoms with Crippen molar-refractivity contribution in [3.8, 4) is 103 Å². The molecule has 0 spiro atoms. The normalized spacial score (nSPS) is 18.4. The molecule has 420 valence electrons. The number of phenols is 12. The number of fused-ring (bicyclic) bond motifs is 4. The van der Waals surface area contributed by atoms with Gasteiger partial charge in [0.05, 0.1) is 11.8 Å². The van der Waals surface area contributed by atoms with Gasteiger partial charge in [-0.05, 0) is 147 Å². The molecule has 15 heteroatoms. The van der Waals surface area contributed by atoms with Crippen molar-refractivity contribution in [3.05, 3.63) is 249 Å². The van der Waals surface area contributed by atoms with Crippen molar-refractivity contribution in [2.24, 2.45) is 0 Å². The molecule has 0 saturated heterocycles. The second-order valence-electron chi connectivity index (χ2n) is 21.8. The fourth-order valence-electron chi connectivity index (χ4n) is 13.1. The van der Waals surface area contributed by atoms with E-state index < -0.39 is 35.9 Å². The number of hydrogen-bond donors (Lipinski definition) is 12. The molecule has 3 aliphatic rings. The van der Waals surface area contributed by atoms with Gasteiger partial charge in [-0.2, -0.15) is 0 Å². The number of benzene rings is 10. The van der Waals surface area contributed by atoms with Crippen LogP contribution in [-0.4, -0.2) is 61.3 Å². The molecule has 10 aromatic carbocycles. The lowest BCUT2D eigenvalue weighted by Crippen LogP contribution is -2.16. The molecule has 15 nitrogen and oxygen atoms in total. The highest BCUT2D eigenvalue weighted by atomic mass is 16.5. The van der Waals surface area contributed by atoms with Crippen LogP contribution >= 0.6 is 0 Å². The van der Waals surface area contributed by atoms with Crippen LogP contribution in [0.25, 0.3) is 45.6 Å². The highest BCUT2D eigenvalue weighted by Crippen LogP contribution is 2.63. The van der Waals surface area contributed by atoms with Crippen molar-refractivity contribution in [1.82, 2.24) is 0 Å². The van der Waals surface area contributed by atoms with E-state index in [2.05, 4.69) is 0 Å². The van der Waals surface area contributed by atoms with Crippen molar-refractivity contribution in [2.45, 2.75) is 35.9 Å². The quantitative estimate of drug-likeness (QED) is 0.0599. The Morgan fingerprint density at radius 3 is 1.42 bits per heavy atom. The number of ether oxygens (including phenoxy) is 2. The molecule has 11 aromatic rings. The third-order valence-electron chi connectivity index (χ3n) is 16.5. The Morgan fingerprint density at radius 2 is 0.824 bits per heavy atom. The summed E-state index contributed by atoms with van der Waals surface area (Å²) in [5.74, 6) is -4.19. The minimum absolute atomic E-state index is 0.0137. The summed E-state index contributed by atoms with van der Waals surface area (Å²) in [7, 11) is 0. The zero-order chi connectivity index (χ0) is 58.7. The lowest BCUT2D eigenvalue weighted by atomic mass is 9.72. The molecule has 3 heterocycles. The number of rotatable bonds is 9. The lowest BCUT2D eigenvalue weighted by Gasteiger charge is -2.31. The first-order valence-electron chi connectivity index (χ1n) is 27.1. The number of aromatic hydroxyl groups is 12. The largest absolute Gasteiger partial charge is 0.508 e. The van der Waals surface area contributed by atoms with E-state index >= 15 is 0 Å². The highest BCUT2D eigenvalue weighted by molar-refractivity contribution is 6.08. The average molecular weight is 1130 g/mol. The molecule has 0 bridgehead atoms. The van der Waals surface area contributed by atoms with Gasteiger partial charge >= 0.3 is 0 Å². The van der Waals surface area contributed by atoms with E-state index in [1.54, 1.807) is 84.9 Å². The number of hydrogen-bond acceptors (Lipinski definition) is 15. The summed E-state index contributed by atoms with van der Waals surface area (Å²) < 4.78 is 20.6. The maximum absolute atomic E-state index is 12.5. The van der Waals surface area contributed by atoms with Gasteiger partial charge < -0.3 is 75.2 Å². The van der Waals surface area contributed by atoms with Crippen LogP contribution in [-0.2, 0) is 0 Å². The maximum atomic E-state index is 12.5. The summed E-state index contributed by atoms with van der Waals surface area (Å²) in [6, 6.07) is 47.0. The van der Waals surface area contributed by atoms with Crippen LogP contribution in [0.1, 0.15) is 103 Å². The summed E-state index contributed by atoms with van der Waals surface area (Å²) in [6.45, 7) is 0. The number of furan rings is 1. The second-order valence-corrected chi connectivity index (χ2v) is 21.8. The molecule has 2 aliphatic heterocycles. The SMILES string of the molecule is Oc1ccc(-c2c(-c3cc(O)cc(O)c3)oc3cc4c(c(C=Cc5ccc(O)c(C6c7cc(O)cc8c7C(c7cc(O)cc(O)c7C6c6ccc(O)cc6)C(c6ccc(O)cc6)O8)c5)c23)C(c2cc(O)cc(O)c2)C(c2ccc(O)cc2)O4)cc1. The third kappa shape index (κ3) is 8.84. The fraction of sp³-hybridized carbons (Fsp3) is 0.0857. The minimum atomic E-state index is -0.952. The topological polar surface area (TPSA) is 274 Å². The van der Waals surface area contributed by atoms with E-state index in [0.717, 1.165) is 0 Å². The predicted octanol–water partition coefficient (Wildman–Crippen LogP) is 14.2. The van der Waals surface area contributed by atoms with Crippen LogP contribution in [0.4, 0.5) is 0 Å².